The molecule has 0 aliphatic carbocycles. The van der Waals surface area contributed by atoms with Crippen LogP contribution < -0.4 is 10.2 Å². The fourth-order valence-corrected chi connectivity index (χ4v) is 4.48. The van der Waals surface area contributed by atoms with Crippen molar-refractivity contribution in [3.05, 3.63) is 63.7 Å². The molecule has 0 atom stereocenters. The van der Waals surface area contributed by atoms with E-state index in [9.17, 15) is 9.18 Å². The van der Waals surface area contributed by atoms with E-state index in [0.717, 1.165) is 21.1 Å². The SMILES string of the molecule is Cc1ccc(-c2nc(C)sc2CC(=O)Nc2ccc(N3CCOCC3)c(F)c2)cc1. The average molecular weight is 426 g/mol. The number of halogens is 1. The summed E-state index contributed by atoms with van der Waals surface area (Å²) in [6.07, 6.45) is 0.196. The van der Waals surface area contributed by atoms with Crippen LogP contribution in [0.15, 0.2) is 42.5 Å². The van der Waals surface area contributed by atoms with Crippen molar-refractivity contribution in [1.29, 1.82) is 0 Å². The minimum absolute atomic E-state index is 0.189. The second kappa shape index (κ2) is 8.93. The Balaban J connectivity index is 1.46. The Labute approximate surface area is 179 Å². The predicted molar refractivity (Wildman–Crippen MR) is 119 cm³/mol. The first-order chi connectivity index (χ1) is 14.5. The number of hydrogen-bond acceptors (Lipinski definition) is 5. The summed E-state index contributed by atoms with van der Waals surface area (Å²) < 4.78 is 19.9. The summed E-state index contributed by atoms with van der Waals surface area (Å²) in [6.45, 7) is 6.48. The van der Waals surface area contributed by atoms with E-state index in [1.165, 1.54) is 23.0 Å². The van der Waals surface area contributed by atoms with Crippen LogP contribution in [0.3, 0.4) is 0 Å². The summed E-state index contributed by atoms with van der Waals surface area (Å²) in [4.78, 5) is 20.1. The molecule has 0 spiro atoms. The Morgan fingerprint density at radius 3 is 2.60 bits per heavy atom. The van der Waals surface area contributed by atoms with Crippen LogP contribution in [0.1, 0.15) is 15.4 Å². The van der Waals surface area contributed by atoms with E-state index < -0.39 is 0 Å². The lowest BCUT2D eigenvalue weighted by atomic mass is 10.1. The van der Waals surface area contributed by atoms with Gasteiger partial charge in [-0.3, -0.25) is 4.79 Å². The van der Waals surface area contributed by atoms with E-state index in [0.29, 0.717) is 37.7 Å². The average Bonchev–Trinajstić information content (AvgIpc) is 3.09. The number of amides is 1. The molecular weight excluding hydrogens is 401 g/mol. The molecule has 7 heteroatoms. The summed E-state index contributed by atoms with van der Waals surface area (Å²) in [5.74, 6) is -0.533. The van der Waals surface area contributed by atoms with Gasteiger partial charge < -0.3 is 15.0 Å². The van der Waals surface area contributed by atoms with Gasteiger partial charge in [-0.05, 0) is 32.0 Å². The van der Waals surface area contributed by atoms with Crippen molar-refractivity contribution >= 4 is 28.6 Å². The van der Waals surface area contributed by atoms with Crippen molar-refractivity contribution in [1.82, 2.24) is 4.98 Å². The first-order valence-corrected chi connectivity index (χ1v) is 10.8. The smallest absolute Gasteiger partial charge is 0.229 e. The van der Waals surface area contributed by atoms with Gasteiger partial charge in [-0.2, -0.15) is 0 Å². The first kappa shape index (κ1) is 20.5. The fourth-order valence-electron chi connectivity index (χ4n) is 3.52. The third-order valence-electron chi connectivity index (χ3n) is 5.03. The molecular formula is C23H24FN3O2S. The number of nitrogens with one attached hydrogen (secondary N) is 1. The fraction of sp³-hybridized carbons (Fsp3) is 0.304. The minimum atomic E-state index is -0.344. The number of carbonyl (C=O) groups excluding carboxylic acids is 1. The Hall–Kier alpha value is -2.77. The molecule has 0 radical (unpaired) electrons. The highest BCUT2D eigenvalue weighted by Gasteiger charge is 2.17. The normalized spacial score (nSPS) is 14.0. The molecule has 4 rings (SSSR count). The number of morpholine rings is 1. The Kier molecular flexibility index (Phi) is 6.11. The number of aryl methyl sites for hydroxylation is 2. The van der Waals surface area contributed by atoms with Crippen LogP contribution >= 0.6 is 11.3 Å². The monoisotopic (exact) mass is 425 g/mol. The van der Waals surface area contributed by atoms with E-state index in [4.69, 9.17) is 4.74 Å². The second-order valence-electron chi connectivity index (χ2n) is 7.36. The van der Waals surface area contributed by atoms with E-state index >= 15 is 0 Å². The Bertz CT molecular complexity index is 1040. The molecule has 1 aliphatic heterocycles. The number of rotatable bonds is 5. The molecule has 2 aromatic carbocycles. The highest BCUT2D eigenvalue weighted by atomic mass is 32.1. The lowest BCUT2D eigenvalue weighted by molar-refractivity contribution is -0.115. The summed E-state index contributed by atoms with van der Waals surface area (Å²) in [5, 5.41) is 3.73. The van der Waals surface area contributed by atoms with Gasteiger partial charge in [-0.15, -0.1) is 11.3 Å². The molecule has 2 heterocycles. The van der Waals surface area contributed by atoms with Crippen LogP contribution in [0.2, 0.25) is 0 Å². The highest BCUT2D eigenvalue weighted by molar-refractivity contribution is 7.12. The zero-order valence-corrected chi connectivity index (χ0v) is 17.9. The number of hydrogen-bond donors (Lipinski definition) is 1. The van der Waals surface area contributed by atoms with Crippen LogP contribution in [0.5, 0.6) is 0 Å². The highest BCUT2D eigenvalue weighted by Crippen LogP contribution is 2.29. The molecule has 1 aliphatic rings. The van der Waals surface area contributed by atoms with Gasteiger partial charge >= 0.3 is 0 Å². The Morgan fingerprint density at radius 2 is 1.90 bits per heavy atom. The van der Waals surface area contributed by atoms with E-state index in [1.54, 1.807) is 12.1 Å². The van der Waals surface area contributed by atoms with Gasteiger partial charge in [0, 0.05) is 29.2 Å². The van der Waals surface area contributed by atoms with Gasteiger partial charge in [0.2, 0.25) is 5.91 Å². The number of ether oxygens (including phenoxy) is 1. The number of benzene rings is 2. The molecule has 1 saturated heterocycles. The van der Waals surface area contributed by atoms with Crippen molar-refractivity contribution in [3.8, 4) is 11.3 Å². The number of thiazole rings is 1. The van der Waals surface area contributed by atoms with Crippen molar-refractivity contribution in [2.45, 2.75) is 20.3 Å². The minimum Gasteiger partial charge on any atom is -0.378 e. The number of anilines is 2. The summed E-state index contributed by atoms with van der Waals surface area (Å²) >= 11 is 1.51. The standard InChI is InChI=1S/C23H24FN3O2S/c1-15-3-5-17(6-4-15)23-21(30-16(2)25-23)14-22(28)26-18-7-8-20(19(24)13-18)27-9-11-29-12-10-27/h3-8,13H,9-12,14H2,1-2H3,(H,26,28). The topological polar surface area (TPSA) is 54.5 Å². The predicted octanol–water partition coefficient (Wildman–Crippen LogP) is 4.58. The van der Waals surface area contributed by atoms with Crippen molar-refractivity contribution in [2.24, 2.45) is 0 Å². The number of nitrogens with zero attached hydrogens (tertiary/aromatic N) is 2. The first-order valence-electron chi connectivity index (χ1n) is 9.95. The molecule has 1 aromatic heterocycles. The van der Waals surface area contributed by atoms with E-state index in [2.05, 4.69) is 10.3 Å². The van der Waals surface area contributed by atoms with Crippen LogP contribution in [0, 0.1) is 19.7 Å². The van der Waals surface area contributed by atoms with E-state index in [1.807, 2.05) is 43.0 Å². The molecule has 5 nitrogen and oxygen atoms in total. The molecule has 1 N–H and O–H groups in total. The second-order valence-corrected chi connectivity index (χ2v) is 8.65. The molecule has 30 heavy (non-hydrogen) atoms. The van der Waals surface area contributed by atoms with Gasteiger partial charge in [0.15, 0.2) is 0 Å². The van der Waals surface area contributed by atoms with Gasteiger partial charge in [0.25, 0.3) is 0 Å². The maximum atomic E-state index is 14.6. The van der Waals surface area contributed by atoms with E-state index in [-0.39, 0.29) is 18.1 Å². The maximum Gasteiger partial charge on any atom is 0.229 e. The van der Waals surface area contributed by atoms with Gasteiger partial charge in [-0.1, -0.05) is 29.8 Å². The largest absolute Gasteiger partial charge is 0.378 e. The molecule has 3 aromatic rings. The van der Waals surface area contributed by atoms with Crippen molar-refractivity contribution in [2.75, 3.05) is 36.5 Å². The quantitative estimate of drug-likeness (QED) is 0.650. The molecule has 156 valence electrons. The molecule has 1 fully saturated rings. The Morgan fingerprint density at radius 1 is 1.17 bits per heavy atom. The lowest BCUT2D eigenvalue weighted by Gasteiger charge is -2.29. The number of aromatic nitrogens is 1. The summed E-state index contributed by atoms with van der Waals surface area (Å²) in [5.41, 5.74) is 3.99. The van der Waals surface area contributed by atoms with Gasteiger partial charge in [0.05, 0.1) is 36.0 Å². The summed E-state index contributed by atoms with van der Waals surface area (Å²) in [7, 11) is 0. The van der Waals surface area contributed by atoms with Crippen molar-refractivity contribution < 1.29 is 13.9 Å². The molecule has 0 bridgehead atoms. The van der Waals surface area contributed by atoms with Crippen LogP contribution in [-0.2, 0) is 16.0 Å². The lowest BCUT2D eigenvalue weighted by Crippen LogP contribution is -2.36. The maximum absolute atomic E-state index is 14.6. The zero-order valence-electron chi connectivity index (χ0n) is 17.1. The molecule has 0 unspecified atom stereocenters. The number of carbonyl (C=O) groups is 1. The van der Waals surface area contributed by atoms with Gasteiger partial charge in [-0.25, -0.2) is 9.37 Å². The molecule has 0 saturated carbocycles. The molecule has 1 amide bonds. The third kappa shape index (κ3) is 4.68. The van der Waals surface area contributed by atoms with Gasteiger partial charge in [0.1, 0.15) is 5.82 Å². The van der Waals surface area contributed by atoms with Crippen molar-refractivity contribution in [3.63, 3.8) is 0 Å². The van der Waals surface area contributed by atoms with Crippen LogP contribution in [0.4, 0.5) is 15.8 Å². The third-order valence-corrected chi connectivity index (χ3v) is 6.00. The van der Waals surface area contributed by atoms with Crippen LogP contribution in [-0.4, -0.2) is 37.2 Å². The van der Waals surface area contributed by atoms with Crippen LogP contribution in [0.25, 0.3) is 11.3 Å². The zero-order chi connectivity index (χ0) is 21.1. The summed E-state index contributed by atoms with van der Waals surface area (Å²) in [6, 6.07) is 12.9.